The molecule has 1 unspecified atom stereocenters. The molecule has 1 atom stereocenters. The molecule has 0 bridgehead atoms. The summed E-state index contributed by atoms with van der Waals surface area (Å²) in [5.41, 5.74) is 2.78. The predicted molar refractivity (Wildman–Crippen MR) is 72.2 cm³/mol. The fourth-order valence-corrected chi connectivity index (χ4v) is 3.66. The van der Waals surface area contributed by atoms with Crippen molar-refractivity contribution in [2.45, 2.75) is 44.6 Å². The van der Waals surface area contributed by atoms with Crippen molar-refractivity contribution in [3.63, 3.8) is 0 Å². The van der Waals surface area contributed by atoms with Crippen LogP contribution in [0.25, 0.3) is 0 Å². The Kier molecular flexibility index (Phi) is 2.65. The summed E-state index contributed by atoms with van der Waals surface area (Å²) in [7, 11) is 0. The van der Waals surface area contributed by atoms with Crippen molar-refractivity contribution >= 4 is 0 Å². The fraction of sp³-hybridized carbons (Fsp3) is 0.688. The van der Waals surface area contributed by atoms with Crippen LogP contribution in [0.3, 0.4) is 0 Å². The maximum atomic E-state index is 4.58. The van der Waals surface area contributed by atoms with E-state index in [9.17, 15) is 0 Å². The van der Waals surface area contributed by atoms with Gasteiger partial charge in [0.25, 0.3) is 0 Å². The second-order valence-corrected chi connectivity index (χ2v) is 6.39. The third-order valence-corrected chi connectivity index (χ3v) is 5.01. The molecule has 3 aliphatic rings. The molecule has 3 aliphatic carbocycles. The average Bonchev–Trinajstić information content (AvgIpc) is 3.29. The Morgan fingerprint density at radius 2 is 1.94 bits per heavy atom. The van der Waals surface area contributed by atoms with Gasteiger partial charge in [0.1, 0.15) is 0 Å². The third-order valence-electron chi connectivity index (χ3n) is 5.01. The Morgan fingerprint density at radius 3 is 2.67 bits per heavy atom. The molecule has 2 nitrogen and oxygen atoms in total. The maximum Gasteiger partial charge on any atom is 0.0605 e. The topological polar surface area (TPSA) is 24.9 Å². The molecule has 0 amide bonds. The number of pyridine rings is 1. The fourth-order valence-electron chi connectivity index (χ4n) is 3.66. The normalized spacial score (nSPS) is 26.6. The number of nitrogens with one attached hydrogen (secondary N) is 1. The minimum absolute atomic E-state index is 0.529. The molecule has 18 heavy (non-hydrogen) atoms. The Bertz CT molecular complexity index is 422. The summed E-state index contributed by atoms with van der Waals surface area (Å²) in [5.74, 6) is 3.07. The molecule has 2 saturated carbocycles. The van der Waals surface area contributed by atoms with Gasteiger partial charge in [-0.1, -0.05) is 6.07 Å². The molecule has 0 saturated heterocycles. The molecule has 2 fully saturated rings. The van der Waals surface area contributed by atoms with Crippen LogP contribution in [0.4, 0.5) is 0 Å². The number of nitrogens with zero attached hydrogens (tertiary/aromatic N) is 1. The van der Waals surface area contributed by atoms with Crippen molar-refractivity contribution < 1.29 is 0 Å². The van der Waals surface area contributed by atoms with Crippen LogP contribution in [0.1, 0.15) is 49.4 Å². The third kappa shape index (κ3) is 2.07. The first-order valence-electron chi connectivity index (χ1n) is 7.59. The molecule has 1 heterocycles. The molecule has 1 aromatic rings. The van der Waals surface area contributed by atoms with E-state index >= 15 is 0 Å². The van der Waals surface area contributed by atoms with Crippen molar-refractivity contribution in [3.05, 3.63) is 29.6 Å². The molecule has 1 aromatic heterocycles. The van der Waals surface area contributed by atoms with Gasteiger partial charge >= 0.3 is 0 Å². The van der Waals surface area contributed by atoms with Crippen LogP contribution in [-0.2, 0) is 6.42 Å². The monoisotopic (exact) mass is 242 g/mol. The van der Waals surface area contributed by atoms with Crippen molar-refractivity contribution in [1.82, 2.24) is 10.3 Å². The van der Waals surface area contributed by atoms with E-state index in [1.807, 2.05) is 6.20 Å². The molecular weight excluding hydrogens is 220 g/mol. The SMILES string of the molecule is c1cnc2c(c1)CCC2NCC(C1CC1)C1CC1. The van der Waals surface area contributed by atoms with E-state index in [4.69, 9.17) is 0 Å². The van der Waals surface area contributed by atoms with E-state index in [0.29, 0.717) is 6.04 Å². The van der Waals surface area contributed by atoms with Gasteiger partial charge in [0.15, 0.2) is 0 Å². The summed E-state index contributed by atoms with van der Waals surface area (Å²) < 4.78 is 0. The van der Waals surface area contributed by atoms with Gasteiger partial charge in [0.05, 0.1) is 11.7 Å². The van der Waals surface area contributed by atoms with Gasteiger partial charge in [-0.2, -0.15) is 0 Å². The van der Waals surface area contributed by atoms with E-state index in [1.54, 1.807) is 0 Å². The largest absolute Gasteiger partial charge is 0.308 e. The molecule has 0 aliphatic heterocycles. The van der Waals surface area contributed by atoms with E-state index in [2.05, 4.69) is 22.4 Å². The summed E-state index contributed by atoms with van der Waals surface area (Å²) in [6.07, 6.45) is 10.3. The zero-order valence-electron chi connectivity index (χ0n) is 10.9. The summed E-state index contributed by atoms with van der Waals surface area (Å²) in [6, 6.07) is 4.84. The zero-order valence-corrected chi connectivity index (χ0v) is 10.9. The number of fused-ring (bicyclic) bond motifs is 1. The molecule has 4 rings (SSSR count). The van der Waals surface area contributed by atoms with Crippen LogP contribution >= 0.6 is 0 Å². The van der Waals surface area contributed by atoms with Gasteiger partial charge in [0, 0.05) is 6.20 Å². The minimum atomic E-state index is 0.529. The van der Waals surface area contributed by atoms with Gasteiger partial charge < -0.3 is 5.32 Å². The highest BCUT2D eigenvalue weighted by Gasteiger charge is 2.41. The molecule has 0 aromatic carbocycles. The maximum absolute atomic E-state index is 4.58. The summed E-state index contributed by atoms with van der Waals surface area (Å²) in [5, 5.41) is 3.82. The smallest absolute Gasteiger partial charge is 0.0605 e. The van der Waals surface area contributed by atoms with Gasteiger partial charge in [0.2, 0.25) is 0 Å². The Hall–Kier alpha value is -0.890. The molecule has 1 N–H and O–H groups in total. The first-order chi connectivity index (χ1) is 8.92. The van der Waals surface area contributed by atoms with Crippen molar-refractivity contribution in [1.29, 1.82) is 0 Å². The highest BCUT2D eigenvalue weighted by molar-refractivity contribution is 5.27. The molecule has 2 heteroatoms. The van der Waals surface area contributed by atoms with Crippen LogP contribution in [0.2, 0.25) is 0 Å². The van der Waals surface area contributed by atoms with E-state index in [1.165, 1.54) is 56.3 Å². The predicted octanol–water partition coefficient (Wildman–Crippen LogP) is 3.09. The molecule has 96 valence electrons. The van der Waals surface area contributed by atoms with Crippen LogP contribution in [0, 0.1) is 17.8 Å². The Labute approximate surface area is 109 Å². The van der Waals surface area contributed by atoms with E-state index in [-0.39, 0.29) is 0 Å². The van der Waals surface area contributed by atoms with Crippen LogP contribution in [-0.4, -0.2) is 11.5 Å². The summed E-state index contributed by atoms with van der Waals surface area (Å²) in [4.78, 5) is 4.58. The van der Waals surface area contributed by atoms with Crippen molar-refractivity contribution in [3.8, 4) is 0 Å². The molecule has 0 radical (unpaired) electrons. The van der Waals surface area contributed by atoms with Gasteiger partial charge in [-0.25, -0.2) is 0 Å². The van der Waals surface area contributed by atoms with Gasteiger partial charge in [-0.05, 0) is 74.5 Å². The van der Waals surface area contributed by atoms with E-state index in [0.717, 1.165) is 17.8 Å². The average molecular weight is 242 g/mol. The first kappa shape index (κ1) is 11.0. The number of rotatable bonds is 5. The first-order valence-corrected chi connectivity index (χ1v) is 7.59. The number of aromatic nitrogens is 1. The highest BCUT2D eigenvalue weighted by atomic mass is 15.0. The second-order valence-electron chi connectivity index (χ2n) is 6.39. The molecule has 0 spiro atoms. The lowest BCUT2D eigenvalue weighted by Gasteiger charge is -2.20. The lowest BCUT2D eigenvalue weighted by molar-refractivity contribution is 0.353. The zero-order chi connectivity index (χ0) is 11.9. The van der Waals surface area contributed by atoms with Crippen molar-refractivity contribution in [2.75, 3.05) is 6.54 Å². The van der Waals surface area contributed by atoms with Crippen LogP contribution in [0.5, 0.6) is 0 Å². The van der Waals surface area contributed by atoms with Gasteiger partial charge in [-0.15, -0.1) is 0 Å². The summed E-state index contributed by atoms with van der Waals surface area (Å²) in [6.45, 7) is 1.23. The highest BCUT2D eigenvalue weighted by Crippen LogP contribution is 2.49. The Balaban J connectivity index is 1.40. The minimum Gasteiger partial charge on any atom is -0.308 e. The van der Waals surface area contributed by atoms with Crippen LogP contribution < -0.4 is 5.32 Å². The Morgan fingerprint density at radius 1 is 1.17 bits per heavy atom. The lowest BCUT2D eigenvalue weighted by atomic mass is 9.97. The summed E-state index contributed by atoms with van der Waals surface area (Å²) >= 11 is 0. The standard InChI is InChI=1S/C16H22N2/c1-2-13-7-8-15(16(13)17-9-1)18-10-14(11-3-4-11)12-5-6-12/h1-2,9,11-12,14-15,18H,3-8,10H2. The van der Waals surface area contributed by atoms with E-state index < -0.39 is 0 Å². The quantitative estimate of drug-likeness (QED) is 0.858. The van der Waals surface area contributed by atoms with Crippen molar-refractivity contribution in [2.24, 2.45) is 17.8 Å². The molecular formula is C16H22N2. The lowest BCUT2D eigenvalue weighted by Crippen LogP contribution is -2.28. The van der Waals surface area contributed by atoms with Gasteiger partial charge in [-0.3, -0.25) is 4.98 Å². The van der Waals surface area contributed by atoms with Crippen LogP contribution in [0.15, 0.2) is 18.3 Å². The second kappa shape index (κ2) is 4.34. The number of hydrogen-bond acceptors (Lipinski definition) is 2. The number of aryl methyl sites for hydroxylation is 1. The number of hydrogen-bond donors (Lipinski definition) is 1.